The average Bonchev–Trinajstić information content (AvgIpc) is 3.09. The Balaban J connectivity index is 1.69. The Hall–Kier alpha value is -1.70. The summed E-state index contributed by atoms with van der Waals surface area (Å²) in [6.45, 7) is 3.08. The molecule has 7 nitrogen and oxygen atoms in total. The number of aromatic nitrogens is 2. The quantitative estimate of drug-likeness (QED) is 0.908. The summed E-state index contributed by atoms with van der Waals surface area (Å²) in [6, 6.07) is 0.414. The molecule has 1 aliphatic carbocycles. The smallest absolute Gasteiger partial charge is 0.324 e. The van der Waals surface area contributed by atoms with Crippen LogP contribution in [-0.4, -0.2) is 57.1 Å². The number of likely N-dealkylation sites (tertiary alicyclic amines) is 1. The summed E-state index contributed by atoms with van der Waals surface area (Å²) in [5, 5.41) is 11.1. The van der Waals surface area contributed by atoms with Gasteiger partial charge in [-0.1, -0.05) is 30.6 Å². The van der Waals surface area contributed by atoms with E-state index in [4.69, 9.17) is 0 Å². The lowest BCUT2D eigenvalue weighted by molar-refractivity contribution is -0.130. The highest BCUT2D eigenvalue weighted by Gasteiger charge is 2.34. The summed E-state index contributed by atoms with van der Waals surface area (Å²) in [5.41, 5.74) is 1.62. The first-order chi connectivity index (χ1) is 11.6. The number of rotatable bonds is 3. The third kappa shape index (κ3) is 4.03. The van der Waals surface area contributed by atoms with Gasteiger partial charge in [-0.15, -0.1) is 10.2 Å². The zero-order valence-corrected chi connectivity index (χ0v) is 14.9. The first kappa shape index (κ1) is 17.1. The number of piperidine rings is 1. The zero-order chi connectivity index (χ0) is 16.9. The van der Waals surface area contributed by atoms with Crippen molar-refractivity contribution in [2.45, 2.75) is 64.0 Å². The van der Waals surface area contributed by atoms with Gasteiger partial charge in [-0.05, 0) is 25.7 Å². The predicted octanol–water partition coefficient (Wildman–Crippen LogP) is 2.72. The number of carbonyl (C=O) groups excluding carboxylic acids is 2. The molecule has 1 aromatic rings. The molecule has 0 aromatic carbocycles. The maximum absolute atomic E-state index is 12.9. The van der Waals surface area contributed by atoms with E-state index in [1.54, 1.807) is 12.4 Å². The lowest BCUT2D eigenvalue weighted by Crippen LogP contribution is -2.54. The van der Waals surface area contributed by atoms with E-state index in [-0.39, 0.29) is 18.0 Å². The summed E-state index contributed by atoms with van der Waals surface area (Å²) in [6.07, 6.45) is 7.44. The highest BCUT2D eigenvalue weighted by atomic mass is 32.1. The molecule has 1 aliphatic heterocycles. The maximum atomic E-state index is 12.9. The van der Waals surface area contributed by atoms with Crippen molar-refractivity contribution in [1.82, 2.24) is 20.0 Å². The van der Waals surface area contributed by atoms with E-state index in [2.05, 4.69) is 15.5 Å². The van der Waals surface area contributed by atoms with Gasteiger partial charge in [0.1, 0.15) is 5.51 Å². The van der Waals surface area contributed by atoms with Gasteiger partial charge in [0, 0.05) is 32.1 Å². The first-order valence-electron chi connectivity index (χ1n) is 8.76. The van der Waals surface area contributed by atoms with Gasteiger partial charge in [0.15, 0.2) is 0 Å². The zero-order valence-electron chi connectivity index (χ0n) is 14.1. The summed E-state index contributed by atoms with van der Waals surface area (Å²) in [7, 11) is 0. The lowest BCUT2D eigenvalue weighted by atomic mass is 9.91. The molecule has 0 unspecified atom stereocenters. The number of hydrogen-bond donors (Lipinski definition) is 1. The minimum Gasteiger partial charge on any atom is -0.343 e. The molecule has 0 radical (unpaired) electrons. The Morgan fingerprint density at radius 2 is 1.83 bits per heavy atom. The van der Waals surface area contributed by atoms with Crippen LogP contribution in [0, 0.1) is 0 Å². The molecule has 1 N–H and O–H groups in total. The fourth-order valence-corrected chi connectivity index (χ4v) is 4.27. The SMILES string of the molecule is CC(=O)N1CCC(N(C(=O)Nc2nncs2)C2CCCCC2)CC1. The molecule has 24 heavy (non-hydrogen) atoms. The van der Waals surface area contributed by atoms with Crippen molar-refractivity contribution < 1.29 is 9.59 Å². The number of urea groups is 1. The van der Waals surface area contributed by atoms with Gasteiger partial charge in [-0.3, -0.25) is 10.1 Å². The second-order valence-corrected chi connectivity index (χ2v) is 7.44. The second kappa shape index (κ2) is 7.92. The molecule has 0 atom stereocenters. The fraction of sp³-hybridized carbons (Fsp3) is 0.750. The molecule has 2 fully saturated rings. The highest BCUT2D eigenvalue weighted by Crippen LogP contribution is 2.28. The number of amides is 3. The highest BCUT2D eigenvalue weighted by molar-refractivity contribution is 7.13. The molecular formula is C16H25N5O2S. The van der Waals surface area contributed by atoms with Gasteiger partial charge in [-0.2, -0.15) is 0 Å². The van der Waals surface area contributed by atoms with Gasteiger partial charge < -0.3 is 9.80 Å². The topological polar surface area (TPSA) is 78.4 Å². The van der Waals surface area contributed by atoms with Crippen LogP contribution < -0.4 is 5.32 Å². The van der Waals surface area contributed by atoms with E-state index in [1.807, 2.05) is 9.80 Å². The van der Waals surface area contributed by atoms with Gasteiger partial charge >= 0.3 is 6.03 Å². The third-order valence-corrected chi connectivity index (χ3v) is 5.69. The van der Waals surface area contributed by atoms with E-state index in [1.165, 1.54) is 30.6 Å². The minimum atomic E-state index is -0.0695. The van der Waals surface area contributed by atoms with Crippen LogP contribution in [0.15, 0.2) is 5.51 Å². The number of carbonyl (C=O) groups is 2. The normalized spacial score (nSPS) is 20.0. The second-order valence-electron chi connectivity index (χ2n) is 6.61. The van der Waals surface area contributed by atoms with Crippen LogP contribution in [0.25, 0.3) is 0 Å². The summed E-state index contributed by atoms with van der Waals surface area (Å²) in [4.78, 5) is 28.4. The molecule has 0 spiro atoms. The predicted molar refractivity (Wildman–Crippen MR) is 92.9 cm³/mol. The molecule has 132 valence electrons. The maximum Gasteiger partial charge on any atom is 0.324 e. The molecule has 2 heterocycles. The molecule has 1 aromatic heterocycles. The molecule has 8 heteroatoms. The summed E-state index contributed by atoms with van der Waals surface area (Å²) < 4.78 is 0. The fourth-order valence-electron chi connectivity index (χ4n) is 3.83. The van der Waals surface area contributed by atoms with Crippen LogP contribution in [0.2, 0.25) is 0 Å². The van der Waals surface area contributed by atoms with Crippen LogP contribution in [0.3, 0.4) is 0 Å². The van der Waals surface area contributed by atoms with E-state index in [0.29, 0.717) is 11.2 Å². The molecule has 0 bridgehead atoms. The molecule has 2 aliphatic rings. The lowest BCUT2D eigenvalue weighted by Gasteiger charge is -2.43. The number of nitrogens with zero attached hydrogens (tertiary/aromatic N) is 4. The number of anilines is 1. The van der Waals surface area contributed by atoms with E-state index < -0.39 is 0 Å². The van der Waals surface area contributed by atoms with Gasteiger partial charge in [-0.25, -0.2) is 4.79 Å². The molecule has 1 saturated carbocycles. The van der Waals surface area contributed by atoms with Crippen molar-refractivity contribution in [3.63, 3.8) is 0 Å². The van der Waals surface area contributed by atoms with Crippen molar-refractivity contribution in [1.29, 1.82) is 0 Å². The molecule has 3 rings (SSSR count). The van der Waals surface area contributed by atoms with Crippen molar-refractivity contribution in [2.24, 2.45) is 0 Å². The molecular weight excluding hydrogens is 326 g/mol. The van der Waals surface area contributed by atoms with Crippen molar-refractivity contribution in [3.05, 3.63) is 5.51 Å². The van der Waals surface area contributed by atoms with Crippen LogP contribution >= 0.6 is 11.3 Å². The largest absolute Gasteiger partial charge is 0.343 e. The van der Waals surface area contributed by atoms with Gasteiger partial charge in [0.25, 0.3) is 0 Å². The van der Waals surface area contributed by atoms with E-state index >= 15 is 0 Å². The van der Waals surface area contributed by atoms with Crippen LogP contribution in [-0.2, 0) is 4.79 Å². The Bertz CT molecular complexity index is 551. The Labute approximate surface area is 146 Å². The first-order valence-corrected chi connectivity index (χ1v) is 9.64. The Morgan fingerprint density at radius 3 is 2.42 bits per heavy atom. The Kier molecular flexibility index (Phi) is 5.65. The number of nitrogens with one attached hydrogen (secondary N) is 1. The van der Waals surface area contributed by atoms with Gasteiger partial charge in [0.05, 0.1) is 0 Å². The summed E-state index contributed by atoms with van der Waals surface area (Å²) in [5.74, 6) is 0.121. The van der Waals surface area contributed by atoms with E-state index in [0.717, 1.165) is 38.8 Å². The van der Waals surface area contributed by atoms with Gasteiger partial charge in [0.2, 0.25) is 11.0 Å². The van der Waals surface area contributed by atoms with Crippen molar-refractivity contribution in [3.8, 4) is 0 Å². The standard InChI is InChI=1S/C16H25N5O2S/c1-12(22)20-9-7-14(8-10-20)21(13-5-3-2-4-6-13)16(23)18-15-19-17-11-24-15/h11,13-14H,2-10H2,1H3,(H,18,19,23). The van der Waals surface area contributed by atoms with E-state index in [9.17, 15) is 9.59 Å². The third-order valence-electron chi connectivity index (χ3n) is 5.08. The molecule has 3 amide bonds. The van der Waals surface area contributed by atoms with Crippen LogP contribution in [0.5, 0.6) is 0 Å². The number of hydrogen-bond acceptors (Lipinski definition) is 5. The average molecular weight is 351 g/mol. The van der Waals surface area contributed by atoms with Crippen LogP contribution in [0.1, 0.15) is 51.9 Å². The minimum absolute atomic E-state index is 0.0695. The summed E-state index contributed by atoms with van der Waals surface area (Å²) >= 11 is 1.33. The van der Waals surface area contributed by atoms with Crippen LogP contribution in [0.4, 0.5) is 9.93 Å². The van der Waals surface area contributed by atoms with Crippen molar-refractivity contribution >= 4 is 28.4 Å². The monoisotopic (exact) mass is 351 g/mol. The van der Waals surface area contributed by atoms with Crippen molar-refractivity contribution in [2.75, 3.05) is 18.4 Å². The molecule has 1 saturated heterocycles. The Morgan fingerprint density at radius 1 is 1.17 bits per heavy atom.